The number of benzene rings is 3. The van der Waals surface area contributed by atoms with Crippen molar-refractivity contribution in [3.8, 4) is 17.5 Å². The molecule has 0 fully saturated rings. The third-order valence-electron chi connectivity index (χ3n) is 4.98. The van der Waals surface area contributed by atoms with Gasteiger partial charge in [-0.25, -0.2) is 4.98 Å². The molecule has 0 saturated carbocycles. The van der Waals surface area contributed by atoms with Crippen LogP contribution in [0.4, 0.5) is 5.69 Å². The normalized spacial score (nSPS) is 10.5. The highest BCUT2D eigenvalue weighted by atomic mass is 15.1. The van der Waals surface area contributed by atoms with E-state index < -0.39 is 0 Å². The van der Waals surface area contributed by atoms with Crippen LogP contribution in [-0.2, 0) is 0 Å². The maximum Gasteiger partial charge on any atom is 0.122 e. The summed E-state index contributed by atoms with van der Waals surface area (Å²) in [5.41, 5.74) is 12.5. The molecule has 4 aromatic rings. The molecule has 0 atom stereocenters. The topological polar surface area (TPSA) is 79.7 Å². The summed E-state index contributed by atoms with van der Waals surface area (Å²) in [6, 6.07) is 21.9. The molecule has 0 spiro atoms. The Hall–Kier alpha value is -4.04. The Bertz CT molecular complexity index is 1290. The molecular weight excluding hydrogens is 370 g/mol. The zero-order valence-electron chi connectivity index (χ0n) is 17.0. The monoisotopic (exact) mass is 393 g/mol. The molecule has 5 nitrogen and oxygen atoms in total. The maximum absolute atomic E-state index is 7.43. The molecule has 3 aromatic carbocycles. The number of fused-ring (bicyclic) bond motifs is 1. The molecule has 0 radical (unpaired) electrons. The minimum atomic E-state index is 0.0686. The van der Waals surface area contributed by atoms with E-state index in [4.69, 9.17) is 11.1 Å². The molecule has 0 saturated heterocycles. The predicted octanol–water partition coefficient (Wildman–Crippen LogP) is 4.39. The lowest BCUT2D eigenvalue weighted by molar-refractivity contribution is 0.990. The van der Waals surface area contributed by atoms with Crippen LogP contribution in [0.2, 0.25) is 0 Å². The van der Waals surface area contributed by atoms with Crippen molar-refractivity contribution in [1.82, 2.24) is 9.55 Å². The Morgan fingerprint density at radius 3 is 2.57 bits per heavy atom. The van der Waals surface area contributed by atoms with E-state index in [9.17, 15) is 0 Å². The van der Waals surface area contributed by atoms with Crippen molar-refractivity contribution in [1.29, 1.82) is 5.41 Å². The van der Waals surface area contributed by atoms with Gasteiger partial charge in [-0.3, -0.25) is 9.98 Å². The van der Waals surface area contributed by atoms with E-state index in [2.05, 4.69) is 51.8 Å². The van der Waals surface area contributed by atoms with Crippen LogP contribution < -0.4 is 11.1 Å². The van der Waals surface area contributed by atoms with Gasteiger partial charge in [0, 0.05) is 16.8 Å². The zero-order valence-corrected chi connectivity index (χ0v) is 17.0. The number of rotatable bonds is 4. The third-order valence-corrected chi connectivity index (χ3v) is 4.98. The van der Waals surface area contributed by atoms with Crippen LogP contribution >= 0.6 is 0 Å². The third kappa shape index (κ3) is 3.89. The van der Waals surface area contributed by atoms with E-state index in [-0.39, 0.29) is 5.84 Å². The van der Waals surface area contributed by atoms with Gasteiger partial charge in [-0.05, 0) is 74.0 Å². The van der Waals surface area contributed by atoms with E-state index in [0.29, 0.717) is 12.1 Å². The molecule has 0 unspecified atom stereocenters. The number of hydrogen-bond acceptors (Lipinski definition) is 3. The van der Waals surface area contributed by atoms with Crippen LogP contribution in [0.25, 0.3) is 16.7 Å². The first-order valence-corrected chi connectivity index (χ1v) is 9.75. The van der Waals surface area contributed by atoms with Gasteiger partial charge in [0.2, 0.25) is 0 Å². The van der Waals surface area contributed by atoms with E-state index in [1.165, 1.54) is 0 Å². The van der Waals surface area contributed by atoms with Crippen LogP contribution in [0.3, 0.4) is 0 Å². The summed E-state index contributed by atoms with van der Waals surface area (Å²) in [5, 5.41) is 10.7. The van der Waals surface area contributed by atoms with Crippen molar-refractivity contribution in [2.45, 2.75) is 13.8 Å². The molecule has 0 aliphatic rings. The highest BCUT2D eigenvalue weighted by molar-refractivity contribution is 5.95. The van der Waals surface area contributed by atoms with Gasteiger partial charge in [-0.2, -0.15) is 0 Å². The van der Waals surface area contributed by atoms with Gasteiger partial charge < -0.3 is 11.1 Å². The molecule has 30 heavy (non-hydrogen) atoms. The summed E-state index contributed by atoms with van der Waals surface area (Å²) in [6.45, 7) is 4.66. The molecule has 5 heteroatoms. The first kappa shape index (κ1) is 19.3. The van der Waals surface area contributed by atoms with E-state index >= 15 is 0 Å². The minimum Gasteiger partial charge on any atom is -0.384 e. The Morgan fingerprint density at radius 2 is 1.83 bits per heavy atom. The fourth-order valence-corrected chi connectivity index (χ4v) is 3.49. The van der Waals surface area contributed by atoms with Gasteiger partial charge in [0.1, 0.15) is 11.7 Å². The second kappa shape index (κ2) is 8.14. The van der Waals surface area contributed by atoms with Crippen molar-refractivity contribution >= 4 is 22.6 Å². The van der Waals surface area contributed by atoms with Crippen LogP contribution in [0.15, 0.2) is 66.7 Å². The average Bonchev–Trinajstić information content (AvgIpc) is 3.07. The van der Waals surface area contributed by atoms with E-state index in [1.54, 1.807) is 0 Å². The van der Waals surface area contributed by atoms with Crippen LogP contribution in [0.5, 0.6) is 0 Å². The lowest BCUT2D eigenvalue weighted by Crippen LogP contribution is -2.10. The fraction of sp³-hybridized carbons (Fsp3) is 0.120. The SMILES string of the molecule is Cc1cc(C#CCNc2ccc(C(=N)N)cc2)ccc1-n1c(C)nc2ccccc21. The van der Waals surface area contributed by atoms with Crippen molar-refractivity contribution < 1.29 is 0 Å². The number of hydrogen-bond donors (Lipinski definition) is 3. The second-order valence-corrected chi connectivity index (χ2v) is 7.13. The fourth-order valence-electron chi connectivity index (χ4n) is 3.49. The summed E-state index contributed by atoms with van der Waals surface area (Å²) in [7, 11) is 0. The number of anilines is 1. The standard InChI is InChI=1S/C25H23N5/c1-17-16-19(6-5-15-28-21-12-10-20(11-13-21)25(26)27)9-14-23(17)30-18(2)29-22-7-3-4-8-24(22)30/h3-4,7-14,16,28H,15H2,1-2H3,(H3,26,27). The molecule has 1 heterocycles. The summed E-state index contributed by atoms with van der Waals surface area (Å²) in [4.78, 5) is 4.67. The number of nitrogens with zero attached hydrogens (tertiary/aromatic N) is 2. The average molecular weight is 393 g/mol. The number of para-hydroxylation sites is 2. The Labute approximate surface area is 176 Å². The second-order valence-electron chi connectivity index (χ2n) is 7.13. The van der Waals surface area contributed by atoms with Gasteiger partial charge in [0.05, 0.1) is 23.3 Å². The van der Waals surface area contributed by atoms with Crippen molar-refractivity contribution in [2.75, 3.05) is 11.9 Å². The molecule has 0 bridgehead atoms. The number of aryl methyl sites for hydroxylation is 2. The molecule has 4 N–H and O–H groups in total. The highest BCUT2D eigenvalue weighted by Crippen LogP contribution is 2.24. The molecule has 0 aliphatic heterocycles. The largest absolute Gasteiger partial charge is 0.384 e. The van der Waals surface area contributed by atoms with E-state index in [1.807, 2.05) is 55.5 Å². The number of nitrogens with one attached hydrogen (secondary N) is 2. The van der Waals surface area contributed by atoms with E-state index in [0.717, 1.165) is 39.4 Å². The molecule has 0 amide bonds. The Morgan fingerprint density at radius 1 is 1.07 bits per heavy atom. The highest BCUT2D eigenvalue weighted by Gasteiger charge is 2.10. The molecule has 4 rings (SSSR count). The number of aromatic nitrogens is 2. The number of amidine groups is 1. The zero-order chi connectivity index (χ0) is 21.1. The van der Waals surface area contributed by atoms with Gasteiger partial charge in [0.25, 0.3) is 0 Å². The van der Waals surface area contributed by atoms with Gasteiger partial charge >= 0.3 is 0 Å². The van der Waals surface area contributed by atoms with Crippen LogP contribution in [0.1, 0.15) is 22.5 Å². The first-order valence-electron chi connectivity index (χ1n) is 9.75. The minimum absolute atomic E-state index is 0.0686. The summed E-state index contributed by atoms with van der Waals surface area (Å²) >= 11 is 0. The summed E-state index contributed by atoms with van der Waals surface area (Å²) in [5.74, 6) is 7.42. The molecular formula is C25H23N5. The molecule has 1 aromatic heterocycles. The van der Waals surface area contributed by atoms with Crippen molar-refractivity contribution in [3.63, 3.8) is 0 Å². The van der Waals surface area contributed by atoms with Gasteiger partial charge in [-0.15, -0.1) is 0 Å². The number of nitrogens with two attached hydrogens (primary N) is 1. The summed E-state index contributed by atoms with van der Waals surface area (Å²) in [6.07, 6.45) is 0. The smallest absolute Gasteiger partial charge is 0.122 e. The maximum atomic E-state index is 7.43. The first-order chi connectivity index (χ1) is 14.5. The van der Waals surface area contributed by atoms with Crippen LogP contribution in [-0.4, -0.2) is 21.9 Å². The lowest BCUT2D eigenvalue weighted by Gasteiger charge is -2.11. The Kier molecular flexibility index (Phi) is 5.23. The Balaban J connectivity index is 1.49. The van der Waals surface area contributed by atoms with Crippen LogP contribution in [0, 0.1) is 31.1 Å². The van der Waals surface area contributed by atoms with Crippen molar-refractivity contribution in [3.05, 3.63) is 89.2 Å². The quantitative estimate of drug-likeness (QED) is 0.273. The van der Waals surface area contributed by atoms with Gasteiger partial charge in [0.15, 0.2) is 0 Å². The van der Waals surface area contributed by atoms with Crippen molar-refractivity contribution in [2.24, 2.45) is 5.73 Å². The number of imidazole rings is 1. The number of nitrogen functional groups attached to an aromatic ring is 1. The lowest BCUT2D eigenvalue weighted by atomic mass is 10.1. The van der Waals surface area contributed by atoms with Gasteiger partial charge in [-0.1, -0.05) is 24.0 Å². The molecule has 148 valence electrons. The molecule has 0 aliphatic carbocycles. The predicted molar refractivity (Wildman–Crippen MR) is 123 cm³/mol. The summed E-state index contributed by atoms with van der Waals surface area (Å²) < 4.78 is 2.19.